The molecule has 0 aliphatic rings. The molecule has 6 aromatic rings. The van der Waals surface area contributed by atoms with Crippen LogP contribution in [0.2, 0.25) is 0 Å². The summed E-state index contributed by atoms with van der Waals surface area (Å²) >= 11 is 10.8. The molecule has 0 atom stereocenters. The van der Waals surface area contributed by atoms with Crippen molar-refractivity contribution in [3.05, 3.63) is 65.5 Å². The van der Waals surface area contributed by atoms with Gasteiger partial charge in [0, 0.05) is 41.4 Å². The molecule has 0 fully saturated rings. The Hall–Kier alpha value is -1.52. The quantitative estimate of drug-likeness (QED) is 0.242. The Bertz CT molecular complexity index is 1550. The van der Waals surface area contributed by atoms with E-state index >= 15 is 0 Å². The first-order chi connectivity index (χ1) is 15.2. The second-order valence-corrected chi connectivity index (χ2v) is 14.1. The summed E-state index contributed by atoms with van der Waals surface area (Å²) in [7, 11) is 0. The van der Waals surface area contributed by atoms with Crippen molar-refractivity contribution < 1.29 is 0 Å². The highest BCUT2D eigenvalue weighted by Gasteiger charge is 2.14. The van der Waals surface area contributed by atoms with Crippen molar-refractivity contribution in [2.45, 2.75) is 24.8 Å². The van der Waals surface area contributed by atoms with Crippen LogP contribution in [0.3, 0.4) is 0 Å². The molecule has 4 heterocycles. The number of thiophene rings is 4. The van der Waals surface area contributed by atoms with Crippen molar-refractivity contribution in [3.63, 3.8) is 0 Å². The van der Waals surface area contributed by atoms with Gasteiger partial charge in [0.2, 0.25) is 0 Å². The van der Waals surface area contributed by atoms with Crippen LogP contribution in [0.15, 0.2) is 78.9 Å². The predicted octanol–water partition coefficient (Wildman–Crippen LogP) is 8.74. The molecule has 0 amide bonds. The van der Waals surface area contributed by atoms with E-state index in [2.05, 4.69) is 54.6 Å². The molecule has 2 nitrogen and oxygen atoms in total. The third kappa shape index (κ3) is 3.80. The summed E-state index contributed by atoms with van der Waals surface area (Å²) in [4.78, 5) is 3.77. The minimum Gasteiger partial charge on any atom is -0.391 e. The van der Waals surface area contributed by atoms with Crippen LogP contribution in [-0.2, 0) is 6.54 Å². The molecule has 0 aliphatic carbocycles. The van der Waals surface area contributed by atoms with E-state index in [4.69, 9.17) is 11.5 Å². The van der Waals surface area contributed by atoms with Gasteiger partial charge in [-0.2, -0.15) is 0 Å². The third-order valence-electron chi connectivity index (χ3n) is 4.90. The lowest BCUT2D eigenvalue weighted by Crippen LogP contribution is -1.90. The zero-order valence-corrected chi connectivity index (χ0v) is 21.0. The van der Waals surface area contributed by atoms with E-state index in [1.807, 2.05) is 40.5 Å². The van der Waals surface area contributed by atoms with E-state index in [9.17, 15) is 0 Å². The van der Waals surface area contributed by atoms with Crippen molar-refractivity contribution >= 4 is 103 Å². The van der Waals surface area contributed by atoms with Crippen LogP contribution in [0.1, 0.15) is 4.88 Å². The number of hydrogen-bond donors (Lipinski definition) is 2. The fourth-order valence-electron chi connectivity index (χ4n) is 3.49. The molecule has 31 heavy (non-hydrogen) atoms. The largest absolute Gasteiger partial charge is 0.391 e. The average molecular weight is 513 g/mol. The lowest BCUT2D eigenvalue weighted by Gasteiger charge is -2.00. The normalized spacial score (nSPS) is 11.9. The summed E-state index contributed by atoms with van der Waals surface area (Å²) < 4.78 is 8.03. The fourth-order valence-corrected chi connectivity index (χ4v) is 10.4. The topological polar surface area (TPSA) is 52.0 Å². The maximum Gasteiger partial charge on any atom is 0.0868 e. The first-order valence-electron chi connectivity index (χ1n) is 9.55. The number of nitrogens with two attached hydrogens (primary N) is 2. The van der Waals surface area contributed by atoms with Crippen LogP contribution < -0.4 is 11.5 Å². The van der Waals surface area contributed by atoms with Gasteiger partial charge in [-0.25, -0.2) is 0 Å². The maximum atomic E-state index is 5.88. The van der Waals surface area contributed by atoms with Gasteiger partial charge in [0.15, 0.2) is 0 Å². The Balaban J connectivity index is 1.35. The van der Waals surface area contributed by atoms with Gasteiger partial charge in [-0.15, -0.1) is 45.3 Å². The van der Waals surface area contributed by atoms with E-state index in [1.165, 1.54) is 52.7 Å². The van der Waals surface area contributed by atoms with Crippen LogP contribution in [0.4, 0.5) is 5.00 Å². The predicted molar refractivity (Wildman–Crippen MR) is 144 cm³/mol. The van der Waals surface area contributed by atoms with Crippen molar-refractivity contribution in [1.29, 1.82) is 0 Å². The number of benzene rings is 2. The van der Waals surface area contributed by atoms with Gasteiger partial charge < -0.3 is 11.5 Å². The lowest BCUT2D eigenvalue weighted by atomic mass is 10.2. The minimum absolute atomic E-state index is 0.611. The van der Waals surface area contributed by atoms with E-state index in [1.54, 1.807) is 34.4 Å². The molecule has 8 heteroatoms. The summed E-state index contributed by atoms with van der Waals surface area (Å²) in [5.41, 5.74) is 11.6. The molecule has 0 bridgehead atoms. The van der Waals surface area contributed by atoms with Crippen molar-refractivity contribution in [2.24, 2.45) is 5.73 Å². The highest BCUT2D eigenvalue weighted by molar-refractivity contribution is 8.01. The minimum atomic E-state index is 0.611. The Morgan fingerprint density at radius 2 is 1.23 bits per heavy atom. The van der Waals surface area contributed by atoms with E-state index in [0.717, 1.165) is 5.00 Å². The lowest BCUT2D eigenvalue weighted by molar-refractivity contribution is 1.11. The Kier molecular flexibility index (Phi) is 5.27. The molecule has 0 aliphatic heterocycles. The van der Waals surface area contributed by atoms with Crippen LogP contribution in [0, 0.1) is 0 Å². The van der Waals surface area contributed by atoms with Crippen molar-refractivity contribution in [1.82, 2.24) is 0 Å². The Morgan fingerprint density at radius 1 is 0.645 bits per heavy atom. The first kappa shape index (κ1) is 20.1. The molecular weight excluding hydrogens is 497 g/mol. The molecule has 0 unspecified atom stereocenters. The molecule has 0 saturated heterocycles. The highest BCUT2D eigenvalue weighted by Crippen LogP contribution is 2.47. The van der Waals surface area contributed by atoms with Crippen LogP contribution >= 0.6 is 68.9 Å². The van der Waals surface area contributed by atoms with E-state index in [-0.39, 0.29) is 0 Å². The van der Waals surface area contributed by atoms with Crippen LogP contribution in [-0.4, -0.2) is 0 Å². The Labute approximate surface area is 203 Å². The van der Waals surface area contributed by atoms with Gasteiger partial charge in [0.1, 0.15) is 0 Å². The standard InChI is InChI=1S/C23H16N2S6/c24-11-14-3-7-20(28-14)26-12-1-4-15-17(9-12)29-23-16-5-2-13(10-18(16)30-22(15)23)27-21-8-6-19(25)31-21/h1-10H,11,24-25H2. The number of anilines is 1. The number of hydrogen-bond acceptors (Lipinski definition) is 8. The number of fused-ring (bicyclic) bond motifs is 5. The maximum absolute atomic E-state index is 5.88. The van der Waals surface area contributed by atoms with Gasteiger partial charge >= 0.3 is 0 Å². The third-order valence-corrected chi connectivity index (χ3v) is 11.7. The molecule has 6 rings (SSSR count). The van der Waals surface area contributed by atoms with Gasteiger partial charge in [0.05, 0.1) is 22.8 Å². The summed E-state index contributed by atoms with van der Waals surface area (Å²) in [5, 5.41) is 3.58. The SMILES string of the molecule is NCc1ccc(Sc2ccc3c(c2)sc2c4ccc(Sc5ccc(N)s5)cc4sc32)s1. The fraction of sp³-hybridized carbons (Fsp3) is 0.0435. The summed E-state index contributed by atoms with van der Waals surface area (Å²) in [6.45, 7) is 0.611. The molecule has 0 radical (unpaired) electrons. The van der Waals surface area contributed by atoms with Crippen molar-refractivity contribution in [3.8, 4) is 0 Å². The van der Waals surface area contributed by atoms with E-state index < -0.39 is 0 Å². The van der Waals surface area contributed by atoms with Crippen LogP contribution in [0.25, 0.3) is 29.6 Å². The molecule has 2 aromatic carbocycles. The summed E-state index contributed by atoms with van der Waals surface area (Å²) in [5.74, 6) is 0. The number of rotatable bonds is 5. The number of nitrogen functional groups attached to an aromatic ring is 1. The summed E-state index contributed by atoms with van der Waals surface area (Å²) in [6, 6.07) is 22.0. The average Bonchev–Trinajstić information content (AvgIpc) is 3.52. The highest BCUT2D eigenvalue weighted by atomic mass is 32.2. The molecule has 0 saturated carbocycles. The molecule has 154 valence electrons. The zero-order valence-electron chi connectivity index (χ0n) is 16.1. The van der Waals surface area contributed by atoms with Gasteiger partial charge in [0.25, 0.3) is 0 Å². The molecule has 4 N–H and O–H groups in total. The van der Waals surface area contributed by atoms with Crippen LogP contribution in [0.5, 0.6) is 0 Å². The van der Waals surface area contributed by atoms with Crippen molar-refractivity contribution in [2.75, 3.05) is 5.73 Å². The second kappa shape index (κ2) is 8.12. The molecule has 4 aromatic heterocycles. The monoisotopic (exact) mass is 512 g/mol. The van der Waals surface area contributed by atoms with Gasteiger partial charge in [-0.05, 0) is 48.5 Å². The van der Waals surface area contributed by atoms with Gasteiger partial charge in [-0.3, -0.25) is 0 Å². The van der Waals surface area contributed by atoms with Gasteiger partial charge in [-0.1, -0.05) is 35.7 Å². The Morgan fingerprint density at radius 3 is 1.74 bits per heavy atom. The summed E-state index contributed by atoms with van der Waals surface area (Å²) in [6.07, 6.45) is 0. The van der Waals surface area contributed by atoms with E-state index in [0.29, 0.717) is 6.54 Å². The molecular formula is C23H16N2S6. The zero-order chi connectivity index (χ0) is 20.9. The first-order valence-corrected chi connectivity index (χ1v) is 14.4. The smallest absolute Gasteiger partial charge is 0.0868 e. The second-order valence-electron chi connectivity index (χ2n) is 6.96. The molecule has 0 spiro atoms.